The maximum absolute atomic E-state index is 12.5. The van der Waals surface area contributed by atoms with Gasteiger partial charge in [-0.2, -0.15) is 0 Å². The van der Waals surface area contributed by atoms with E-state index in [0.29, 0.717) is 12.5 Å². The lowest BCUT2D eigenvalue weighted by Gasteiger charge is -2.32. The van der Waals surface area contributed by atoms with Crippen molar-refractivity contribution in [2.45, 2.75) is 71.7 Å². The summed E-state index contributed by atoms with van der Waals surface area (Å²) in [7, 11) is 1.70. The first kappa shape index (κ1) is 16.4. The quantitative estimate of drug-likeness (QED) is 0.772. The lowest BCUT2D eigenvalue weighted by Crippen LogP contribution is -2.46. The van der Waals surface area contributed by atoms with Crippen LogP contribution in [0.1, 0.15) is 53.9 Å². The highest BCUT2D eigenvalue weighted by atomic mass is 16.5. The SMILES string of the molecule is CCCC1NC(CC(C)C)C(=O)N1CC(C)(C)OC. The molecule has 0 radical (unpaired) electrons. The summed E-state index contributed by atoms with van der Waals surface area (Å²) in [5, 5.41) is 3.49. The van der Waals surface area contributed by atoms with Crippen molar-refractivity contribution in [1.29, 1.82) is 0 Å². The highest BCUT2D eigenvalue weighted by Gasteiger charge is 2.40. The van der Waals surface area contributed by atoms with Crippen molar-refractivity contribution < 1.29 is 9.53 Å². The van der Waals surface area contributed by atoms with Crippen molar-refractivity contribution in [2.75, 3.05) is 13.7 Å². The molecule has 1 aliphatic heterocycles. The number of ether oxygens (including phenoxy) is 1. The minimum atomic E-state index is -0.296. The third-order valence-electron chi connectivity index (χ3n) is 3.72. The summed E-state index contributed by atoms with van der Waals surface area (Å²) < 4.78 is 5.47. The summed E-state index contributed by atoms with van der Waals surface area (Å²) in [5.74, 6) is 0.761. The molecule has 1 heterocycles. The Kier molecular flexibility index (Phi) is 5.81. The zero-order valence-electron chi connectivity index (χ0n) is 13.3. The monoisotopic (exact) mass is 270 g/mol. The highest BCUT2D eigenvalue weighted by molar-refractivity contribution is 5.84. The van der Waals surface area contributed by atoms with Crippen molar-refractivity contribution in [3.8, 4) is 0 Å². The lowest BCUT2D eigenvalue weighted by molar-refractivity contribution is -0.134. The maximum atomic E-state index is 12.5. The van der Waals surface area contributed by atoms with E-state index in [0.717, 1.165) is 19.3 Å². The number of methoxy groups -OCH3 is 1. The average Bonchev–Trinajstić information content (AvgIpc) is 2.57. The first-order valence-electron chi connectivity index (χ1n) is 7.42. The van der Waals surface area contributed by atoms with Crippen LogP contribution in [0.15, 0.2) is 0 Å². The van der Waals surface area contributed by atoms with E-state index < -0.39 is 0 Å². The Morgan fingerprint density at radius 3 is 2.53 bits per heavy atom. The van der Waals surface area contributed by atoms with Gasteiger partial charge in [-0.05, 0) is 32.6 Å². The topological polar surface area (TPSA) is 41.6 Å². The van der Waals surface area contributed by atoms with E-state index in [9.17, 15) is 4.79 Å². The predicted octanol–water partition coefficient (Wildman–Crippen LogP) is 2.38. The maximum Gasteiger partial charge on any atom is 0.241 e. The Balaban J connectivity index is 2.77. The zero-order valence-corrected chi connectivity index (χ0v) is 13.3. The van der Waals surface area contributed by atoms with Crippen LogP contribution in [0.4, 0.5) is 0 Å². The highest BCUT2D eigenvalue weighted by Crippen LogP contribution is 2.23. The minimum Gasteiger partial charge on any atom is -0.377 e. The summed E-state index contributed by atoms with van der Waals surface area (Å²) >= 11 is 0. The molecule has 0 bridgehead atoms. The number of carbonyl (C=O) groups is 1. The van der Waals surface area contributed by atoms with Crippen LogP contribution >= 0.6 is 0 Å². The molecule has 1 aliphatic rings. The summed E-state index contributed by atoms with van der Waals surface area (Å²) in [6.07, 6.45) is 3.14. The van der Waals surface area contributed by atoms with Crippen molar-refractivity contribution in [3.63, 3.8) is 0 Å². The molecular formula is C15H30N2O2. The van der Waals surface area contributed by atoms with Crippen molar-refractivity contribution in [1.82, 2.24) is 10.2 Å². The number of hydrogen-bond donors (Lipinski definition) is 1. The molecule has 1 saturated heterocycles. The van der Waals surface area contributed by atoms with Gasteiger partial charge >= 0.3 is 0 Å². The van der Waals surface area contributed by atoms with Gasteiger partial charge in [-0.1, -0.05) is 27.2 Å². The van der Waals surface area contributed by atoms with E-state index in [1.54, 1.807) is 7.11 Å². The third-order valence-corrected chi connectivity index (χ3v) is 3.72. The Hall–Kier alpha value is -0.610. The number of nitrogens with zero attached hydrogens (tertiary/aromatic N) is 1. The number of carbonyl (C=O) groups excluding carboxylic acids is 1. The average molecular weight is 270 g/mol. The Morgan fingerprint density at radius 1 is 1.42 bits per heavy atom. The number of rotatable bonds is 7. The fourth-order valence-corrected chi connectivity index (χ4v) is 2.56. The third kappa shape index (κ3) is 4.46. The molecule has 2 atom stereocenters. The molecule has 2 unspecified atom stereocenters. The van der Waals surface area contributed by atoms with E-state index in [2.05, 4.69) is 26.1 Å². The molecule has 0 aromatic rings. The molecule has 112 valence electrons. The van der Waals surface area contributed by atoms with Gasteiger partial charge in [0, 0.05) is 7.11 Å². The van der Waals surface area contributed by atoms with E-state index in [1.807, 2.05) is 18.7 Å². The van der Waals surface area contributed by atoms with Gasteiger partial charge in [-0.25, -0.2) is 0 Å². The van der Waals surface area contributed by atoms with Gasteiger partial charge < -0.3 is 9.64 Å². The van der Waals surface area contributed by atoms with Gasteiger partial charge in [0.1, 0.15) is 0 Å². The largest absolute Gasteiger partial charge is 0.377 e. The molecule has 0 spiro atoms. The number of hydrogen-bond acceptors (Lipinski definition) is 3. The van der Waals surface area contributed by atoms with Crippen molar-refractivity contribution in [3.05, 3.63) is 0 Å². The molecule has 0 aromatic carbocycles. The van der Waals surface area contributed by atoms with Gasteiger partial charge in [-0.15, -0.1) is 0 Å². The zero-order chi connectivity index (χ0) is 14.6. The Morgan fingerprint density at radius 2 is 2.05 bits per heavy atom. The minimum absolute atomic E-state index is 0.0239. The standard InChI is InChI=1S/C15H30N2O2/c1-7-8-13-16-12(9-11(2)3)14(18)17(13)10-15(4,5)19-6/h11-13,16H,7-10H2,1-6H3. The summed E-state index contributed by atoms with van der Waals surface area (Å²) in [6.45, 7) is 11.2. The molecule has 4 nitrogen and oxygen atoms in total. The molecule has 1 N–H and O–H groups in total. The van der Waals surface area contributed by atoms with Crippen LogP contribution in [0, 0.1) is 5.92 Å². The molecule has 19 heavy (non-hydrogen) atoms. The lowest BCUT2D eigenvalue weighted by atomic mass is 10.0. The molecular weight excluding hydrogens is 240 g/mol. The molecule has 1 rings (SSSR count). The predicted molar refractivity (Wildman–Crippen MR) is 77.9 cm³/mol. The van der Waals surface area contributed by atoms with Crippen LogP contribution in [-0.4, -0.2) is 42.3 Å². The van der Waals surface area contributed by atoms with E-state index in [-0.39, 0.29) is 23.7 Å². The first-order valence-corrected chi connectivity index (χ1v) is 7.42. The Bertz CT molecular complexity index is 303. The second-order valence-corrected chi connectivity index (χ2v) is 6.58. The van der Waals surface area contributed by atoms with Gasteiger partial charge in [0.2, 0.25) is 5.91 Å². The van der Waals surface area contributed by atoms with Crippen LogP contribution in [0.2, 0.25) is 0 Å². The molecule has 4 heteroatoms. The van der Waals surface area contributed by atoms with Crippen molar-refractivity contribution >= 4 is 5.91 Å². The van der Waals surface area contributed by atoms with Crippen LogP contribution < -0.4 is 5.32 Å². The van der Waals surface area contributed by atoms with Crippen LogP contribution in [0.5, 0.6) is 0 Å². The fraction of sp³-hybridized carbons (Fsp3) is 0.933. The molecule has 1 amide bonds. The van der Waals surface area contributed by atoms with Crippen molar-refractivity contribution in [2.24, 2.45) is 5.92 Å². The fourth-order valence-electron chi connectivity index (χ4n) is 2.56. The van der Waals surface area contributed by atoms with Crippen LogP contribution in [-0.2, 0) is 9.53 Å². The molecule has 0 saturated carbocycles. The smallest absolute Gasteiger partial charge is 0.241 e. The van der Waals surface area contributed by atoms with Gasteiger partial charge in [-0.3, -0.25) is 10.1 Å². The van der Waals surface area contributed by atoms with E-state index in [1.165, 1.54) is 0 Å². The second-order valence-electron chi connectivity index (χ2n) is 6.58. The van der Waals surface area contributed by atoms with E-state index >= 15 is 0 Å². The van der Waals surface area contributed by atoms with Gasteiger partial charge in [0.25, 0.3) is 0 Å². The number of nitrogens with one attached hydrogen (secondary N) is 1. The van der Waals surface area contributed by atoms with Crippen LogP contribution in [0.25, 0.3) is 0 Å². The van der Waals surface area contributed by atoms with Gasteiger partial charge in [0.15, 0.2) is 0 Å². The van der Waals surface area contributed by atoms with E-state index in [4.69, 9.17) is 4.74 Å². The molecule has 0 aliphatic carbocycles. The Labute approximate surface area is 117 Å². The normalized spacial score (nSPS) is 24.6. The summed E-state index contributed by atoms with van der Waals surface area (Å²) in [5.41, 5.74) is -0.296. The second kappa shape index (κ2) is 6.71. The summed E-state index contributed by atoms with van der Waals surface area (Å²) in [6, 6.07) is -0.0239. The number of amides is 1. The van der Waals surface area contributed by atoms with Crippen LogP contribution in [0.3, 0.4) is 0 Å². The first-order chi connectivity index (χ1) is 8.80. The van der Waals surface area contributed by atoms with Gasteiger partial charge in [0.05, 0.1) is 24.4 Å². The molecule has 0 aromatic heterocycles. The summed E-state index contributed by atoms with van der Waals surface area (Å²) in [4.78, 5) is 14.5. The molecule has 1 fully saturated rings.